The maximum atomic E-state index is 5.43. The second kappa shape index (κ2) is 5.85. The lowest BCUT2D eigenvalue weighted by atomic mass is 10.0. The zero-order valence-corrected chi connectivity index (χ0v) is 14.3. The molecule has 24 heavy (non-hydrogen) atoms. The normalized spacial score (nSPS) is 18.3. The van der Waals surface area contributed by atoms with E-state index in [9.17, 15) is 0 Å². The Labute approximate surface area is 140 Å². The Hall–Kier alpha value is -2.50. The SMILES string of the molecule is COc1cc2[nH]c3c(N4CCCC(C)C4)ncnc3c2cc1OC. The summed E-state index contributed by atoms with van der Waals surface area (Å²) in [6.45, 7) is 4.37. The van der Waals surface area contributed by atoms with Crippen LogP contribution in [-0.2, 0) is 0 Å². The third-order valence-corrected chi connectivity index (χ3v) is 4.82. The van der Waals surface area contributed by atoms with E-state index < -0.39 is 0 Å². The minimum absolute atomic E-state index is 0.688. The molecule has 1 aromatic carbocycles. The number of anilines is 1. The monoisotopic (exact) mass is 326 g/mol. The summed E-state index contributed by atoms with van der Waals surface area (Å²) < 4.78 is 10.8. The predicted octanol–water partition coefficient (Wildman–Crippen LogP) is 3.36. The molecule has 2 aromatic heterocycles. The zero-order chi connectivity index (χ0) is 16.7. The number of hydrogen-bond donors (Lipinski definition) is 1. The van der Waals surface area contributed by atoms with Crippen molar-refractivity contribution in [3.05, 3.63) is 18.5 Å². The molecule has 1 aliphatic rings. The van der Waals surface area contributed by atoms with E-state index in [0.29, 0.717) is 17.4 Å². The van der Waals surface area contributed by atoms with Gasteiger partial charge in [0.15, 0.2) is 17.3 Å². The lowest BCUT2D eigenvalue weighted by Gasteiger charge is -2.31. The Morgan fingerprint density at radius 3 is 2.71 bits per heavy atom. The highest BCUT2D eigenvalue weighted by Crippen LogP contribution is 2.37. The molecule has 1 saturated heterocycles. The number of fused-ring (bicyclic) bond motifs is 3. The molecule has 3 heterocycles. The third kappa shape index (κ3) is 2.33. The van der Waals surface area contributed by atoms with Crippen molar-refractivity contribution in [2.24, 2.45) is 5.92 Å². The molecule has 0 radical (unpaired) electrons. The van der Waals surface area contributed by atoms with Crippen molar-refractivity contribution in [3.8, 4) is 11.5 Å². The molecule has 0 aliphatic carbocycles. The number of methoxy groups -OCH3 is 2. The molecular formula is C18H22N4O2. The molecule has 0 bridgehead atoms. The van der Waals surface area contributed by atoms with Crippen LogP contribution in [0.4, 0.5) is 5.82 Å². The quantitative estimate of drug-likeness (QED) is 0.799. The van der Waals surface area contributed by atoms with E-state index in [-0.39, 0.29) is 0 Å². The first-order chi connectivity index (χ1) is 11.7. The summed E-state index contributed by atoms with van der Waals surface area (Å²) >= 11 is 0. The van der Waals surface area contributed by atoms with E-state index in [1.165, 1.54) is 12.8 Å². The van der Waals surface area contributed by atoms with Crippen molar-refractivity contribution in [2.45, 2.75) is 19.8 Å². The largest absolute Gasteiger partial charge is 0.493 e. The maximum Gasteiger partial charge on any atom is 0.162 e. The summed E-state index contributed by atoms with van der Waals surface area (Å²) in [7, 11) is 3.29. The fourth-order valence-electron chi connectivity index (χ4n) is 3.63. The van der Waals surface area contributed by atoms with Gasteiger partial charge in [0.05, 0.1) is 19.7 Å². The van der Waals surface area contributed by atoms with Gasteiger partial charge in [0.25, 0.3) is 0 Å². The van der Waals surface area contributed by atoms with Crippen molar-refractivity contribution in [2.75, 3.05) is 32.2 Å². The molecule has 0 spiro atoms. The lowest BCUT2D eigenvalue weighted by molar-refractivity contribution is 0.356. The van der Waals surface area contributed by atoms with Gasteiger partial charge in [-0.2, -0.15) is 0 Å². The summed E-state index contributed by atoms with van der Waals surface area (Å²) in [5.41, 5.74) is 2.89. The topological polar surface area (TPSA) is 63.3 Å². The molecular weight excluding hydrogens is 304 g/mol. The van der Waals surface area contributed by atoms with Crippen LogP contribution in [0.1, 0.15) is 19.8 Å². The van der Waals surface area contributed by atoms with Gasteiger partial charge in [0, 0.05) is 24.5 Å². The minimum atomic E-state index is 0.688. The van der Waals surface area contributed by atoms with Crippen molar-refractivity contribution in [1.82, 2.24) is 15.0 Å². The molecule has 4 rings (SSSR count). The molecule has 1 atom stereocenters. The van der Waals surface area contributed by atoms with Crippen LogP contribution >= 0.6 is 0 Å². The highest BCUT2D eigenvalue weighted by atomic mass is 16.5. The van der Waals surface area contributed by atoms with Gasteiger partial charge in [-0.25, -0.2) is 9.97 Å². The molecule has 1 N–H and O–H groups in total. The molecule has 6 nitrogen and oxygen atoms in total. The number of hydrogen-bond acceptors (Lipinski definition) is 5. The van der Waals surface area contributed by atoms with Gasteiger partial charge < -0.3 is 19.4 Å². The summed E-state index contributed by atoms with van der Waals surface area (Å²) in [6.07, 6.45) is 4.14. The van der Waals surface area contributed by atoms with Crippen LogP contribution in [-0.4, -0.2) is 42.3 Å². The average Bonchev–Trinajstić information content (AvgIpc) is 2.97. The molecule has 1 unspecified atom stereocenters. The van der Waals surface area contributed by atoms with Crippen molar-refractivity contribution >= 4 is 27.8 Å². The van der Waals surface area contributed by atoms with Crippen LogP contribution in [0.15, 0.2) is 18.5 Å². The highest BCUT2D eigenvalue weighted by molar-refractivity contribution is 6.09. The number of aromatic amines is 1. The highest BCUT2D eigenvalue weighted by Gasteiger charge is 2.22. The average molecular weight is 326 g/mol. The van der Waals surface area contributed by atoms with Crippen LogP contribution < -0.4 is 14.4 Å². The lowest BCUT2D eigenvalue weighted by Crippen LogP contribution is -2.35. The summed E-state index contributed by atoms with van der Waals surface area (Å²) in [5.74, 6) is 3.09. The standard InChI is InChI=1S/C18H22N4O2/c1-11-5-4-6-22(9-11)18-17-16(19-10-20-18)12-7-14(23-2)15(24-3)8-13(12)21-17/h7-8,10-11,21H,4-6,9H2,1-3H3. The van der Waals surface area contributed by atoms with E-state index in [0.717, 1.165) is 40.8 Å². The first-order valence-electron chi connectivity index (χ1n) is 8.34. The first-order valence-corrected chi connectivity index (χ1v) is 8.34. The van der Waals surface area contributed by atoms with Crippen LogP contribution in [0, 0.1) is 5.92 Å². The van der Waals surface area contributed by atoms with E-state index >= 15 is 0 Å². The number of benzene rings is 1. The van der Waals surface area contributed by atoms with Gasteiger partial charge in [-0.3, -0.25) is 0 Å². The van der Waals surface area contributed by atoms with Gasteiger partial charge in [0.1, 0.15) is 17.4 Å². The number of aromatic nitrogens is 3. The smallest absolute Gasteiger partial charge is 0.162 e. The zero-order valence-electron chi connectivity index (χ0n) is 14.3. The van der Waals surface area contributed by atoms with Gasteiger partial charge in [0.2, 0.25) is 0 Å². The summed E-state index contributed by atoms with van der Waals surface area (Å²) in [4.78, 5) is 14.9. The number of nitrogens with zero attached hydrogens (tertiary/aromatic N) is 3. The number of piperidine rings is 1. The third-order valence-electron chi connectivity index (χ3n) is 4.82. The van der Waals surface area contributed by atoms with Gasteiger partial charge >= 0.3 is 0 Å². The van der Waals surface area contributed by atoms with Crippen LogP contribution in [0.5, 0.6) is 11.5 Å². The Balaban J connectivity index is 1.91. The molecule has 6 heteroatoms. The first kappa shape index (κ1) is 15.1. The molecule has 3 aromatic rings. The Morgan fingerprint density at radius 1 is 1.17 bits per heavy atom. The van der Waals surface area contributed by atoms with Crippen LogP contribution in [0.25, 0.3) is 21.9 Å². The predicted molar refractivity (Wildman–Crippen MR) is 95.1 cm³/mol. The second-order valence-electron chi connectivity index (χ2n) is 6.49. The fourth-order valence-corrected chi connectivity index (χ4v) is 3.63. The van der Waals surface area contributed by atoms with E-state index in [4.69, 9.17) is 9.47 Å². The van der Waals surface area contributed by atoms with E-state index in [1.807, 2.05) is 12.1 Å². The Morgan fingerprint density at radius 2 is 1.96 bits per heavy atom. The van der Waals surface area contributed by atoms with Crippen LogP contribution in [0.3, 0.4) is 0 Å². The summed E-state index contributed by atoms with van der Waals surface area (Å²) in [6, 6.07) is 3.93. The summed E-state index contributed by atoms with van der Waals surface area (Å²) in [5, 5.41) is 1.02. The molecule has 0 saturated carbocycles. The maximum absolute atomic E-state index is 5.43. The Bertz CT molecular complexity index is 889. The molecule has 126 valence electrons. The number of H-pyrrole nitrogens is 1. The van der Waals surface area contributed by atoms with E-state index in [2.05, 4.69) is 26.8 Å². The molecule has 0 amide bonds. The Kier molecular flexibility index (Phi) is 3.67. The number of ether oxygens (including phenoxy) is 2. The molecule has 1 fully saturated rings. The fraction of sp³-hybridized carbons (Fsp3) is 0.444. The number of rotatable bonds is 3. The van der Waals surface area contributed by atoms with E-state index in [1.54, 1.807) is 20.5 Å². The van der Waals surface area contributed by atoms with Gasteiger partial charge in [-0.1, -0.05) is 6.92 Å². The van der Waals surface area contributed by atoms with Crippen molar-refractivity contribution < 1.29 is 9.47 Å². The van der Waals surface area contributed by atoms with Gasteiger partial charge in [-0.05, 0) is 24.8 Å². The number of nitrogens with one attached hydrogen (secondary N) is 1. The van der Waals surface area contributed by atoms with Crippen molar-refractivity contribution in [3.63, 3.8) is 0 Å². The van der Waals surface area contributed by atoms with Gasteiger partial charge in [-0.15, -0.1) is 0 Å². The molecule has 1 aliphatic heterocycles. The van der Waals surface area contributed by atoms with Crippen molar-refractivity contribution in [1.29, 1.82) is 0 Å². The van der Waals surface area contributed by atoms with Crippen LogP contribution in [0.2, 0.25) is 0 Å². The second-order valence-corrected chi connectivity index (χ2v) is 6.49. The minimum Gasteiger partial charge on any atom is -0.493 e.